The molecule has 0 saturated heterocycles. The Kier molecular flexibility index (Phi) is 9.48. The lowest BCUT2D eigenvalue weighted by Crippen LogP contribution is -2.57. The van der Waals surface area contributed by atoms with Crippen LogP contribution < -0.4 is 5.73 Å². The van der Waals surface area contributed by atoms with Gasteiger partial charge < -0.3 is 20.5 Å². The van der Waals surface area contributed by atoms with Gasteiger partial charge in [-0.3, -0.25) is 9.79 Å². The zero-order valence-electron chi connectivity index (χ0n) is 17.6. The summed E-state index contributed by atoms with van der Waals surface area (Å²) in [6, 6.07) is 2.32. The van der Waals surface area contributed by atoms with Gasteiger partial charge in [0, 0.05) is 26.4 Å². The molecule has 0 bridgehead atoms. The molecule has 0 fully saturated rings. The van der Waals surface area contributed by atoms with Crippen LogP contribution in [0.25, 0.3) is 0 Å². The van der Waals surface area contributed by atoms with E-state index in [1.807, 2.05) is 0 Å². The summed E-state index contributed by atoms with van der Waals surface area (Å²) < 4.78 is 33.4. The smallest absolute Gasteiger partial charge is 0.248 e. The second-order valence-electron chi connectivity index (χ2n) is 7.02. The predicted octanol–water partition coefficient (Wildman–Crippen LogP) is 1.77. The van der Waals surface area contributed by atoms with Crippen LogP contribution in [-0.2, 0) is 9.53 Å². The van der Waals surface area contributed by atoms with Crippen molar-refractivity contribution in [2.24, 2.45) is 15.7 Å². The highest BCUT2D eigenvalue weighted by atomic mass is 19.1. The fourth-order valence-electron chi connectivity index (χ4n) is 3.09. The van der Waals surface area contributed by atoms with E-state index in [9.17, 15) is 18.7 Å². The van der Waals surface area contributed by atoms with Crippen molar-refractivity contribution in [3.8, 4) is 0 Å². The molecule has 162 valence electrons. The number of carbonyl (C=O) groups is 1. The first kappa shape index (κ1) is 24.8. The van der Waals surface area contributed by atoms with E-state index in [0.717, 1.165) is 18.2 Å². The van der Waals surface area contributed by atoms with Gasteiger partial charge in [-0.05, 0) is 51.9 Å². The van der Waals surface area contributed by atoms with Gasteiger partial charge in [0.2, 0.25) is 5.91 Å². The van der Waals surface area contributed by atoms with E-state index in [2.05, 4.69) is 9.98 Å². The third kappa shape index (κ3) is 6.38. The Morgan fingerprint density at radius 2 is 2.03 bits per heavy atom. The number of hydrogen-bond acceptors (Lipinski definition) is 5. The van der Waals surface area contributed by atoms with Crippen LogP contribution in [0.4, 0.5) is 8.78 Å². The molecule has 0 heterocycles. The highest BCUT2D eigenvalue weighted by Crippen LogP contribution is 2.23. The first-order valence-electron chi connectivity index (χ1n) is 9.25. The summed E-state index contributed by atoms with van der Waals surface area (Å²) in [5, 5.41) is 9.43. The number of benzene rings is 1. The molecule has 0 saturated carbocycles. The van der Waals surface area contributed by atoms with E-state index >= 15 is 0 Å². The molecule has 0 spiro atoms. The van der Waals surface area contributed by atoms with Crippen molar-refractivity contribution in [1.29, 1.82) is 0 Å². The van der Waals surface area contributed by atoms with E-state index in [-0.39, 0.29) is 17.9 Å². The van der Waals surface area contributed by atoms with Crippen LogP contribution in [0.15, 0.2) is 28.2 Å². The molecule has 0 radical (unpaired) electrons. The Bertz CT molecular complexity index is 766. The number of methoxy groups -OCH3 is 1. The highest BCUT2D eigenvalue weighted by molar-refractivity contribution is 6.08. The quantitative estimate of drug-likeness (QED) is 0.477. The van der Waals surface area contributed by atoms with Gasteiger partial charge in [0.25, 0.3) is 0 Å². The Balaban J connectivity index is 3.50. The minimum Gasteiger partial charge on any atom is -0.387 e. The van der Waals surface area contributed by atoms with Crippen LogP contribution in [0.3, 0.4) is 0 Å². The third-order valence-electron chi connectivity index (χ3n) is 4.61. The van der Waals surface area contributed by atoms with Crippen LogP contribution in [0.2, 0.25) is 0 Å². The molecule has 9 heteroatoms. The average molecular weight is 412 g/mol. The number of amidine groups is 1. The van der Waals surface area contributed by atoms with Gasteiger partial charge in [-0.2, -0.15) is 0 Å². The lowest BCUT2D eigenvalue weighted by molar-refractivity contribution is -0.140. The fourth-order valence-corrected chi connectivity index (χ4v) is 3.09. The standard InChI is InChI=1S/C20H30F2N4O3/c1-13(25-19(24-4)15-11-14(21)7-8-16(15)22)18(20(2,3)29-5)26(10-6-9-23)17(28)12-27/h7-8,11,18,27H,6,9-10,12,23H2,1-5H3. The van der Waals surface area contributed by atoms with Crippen LogP contribution in [-0.4, -0.2) is 73.0 Å². The maximum atomic E-state index is 14.2. The van der Waals surface area contributed by atoms with E-state index in [1.165, 1.54) is 19.1 Å². The number of rotatable bonds is 9. The summed E-state index contributed by atoms with van der Waals surface area (Å²) in [4.78, 5) is 22.3. The highest BCUT2D eigenvalue weighted by Gasteiger charge is 2.38. The molecule has 7 nitrogen and oxygen atoms in total. The SMILES string of the molecule is CN=C(N=C(C)C(N(CCCN)C(=O)CO)C(C)(C)OC)c1cc(F)ccc1F. The van der Waals surface area contributed by atoms with Gasteiger partial charge in [0.05, 0.1) is 17.2 Å². The number of aliphatic hydroxyl groups excluding tert-OH is 1. The molecular formula is C20H30F2N4O3. The Morgan fingerprint density at radius 1 is 1.38 bits per heavy atom. The second-order valence-corrected chi connectivity index (χ2v) is 7.02. The van der Waals surface area contributed by atoms with Gasteiger partial charge in [-0.1, -0.05) is 0 Å². The number of halogens is 2. The molecular weight excluding hydrogens is 382 g/mol. The molecule has 1 unspecified atom stereocenters. The lowest BCUT2D eigenvalue weighted by atomic mass is 9.92. The van der Waals surface area contributed by atoms with Crippen molar-refractivity contribution in [2.45, 2.75) is 38.8 Å². The fraction of sp³-hybridized carbons (Fsp3) is 0.550. The Morgan fingerprint density at radius 3 is 2.55 bits per heavy atom. The third-order valence-corrected chi connectivity index (χ3v) is 4.61. The molecule has 3 N–H and O–H groups in total. The molecule has 1 atom stereocenters. The predicted molar refractivity (Wildman–Crippen MR) is 109 cm³/mol. The molecule has 29 heavy (non-hydrogen) atoms. The Labute approximate surface area is 170 Å². The second kappa shape index (κ2) is 11.1. The molecule has 0 aromatic heterocycles. The summed E-state index contributed by atoms with van der Waals surface area (Å²) in [7, 11) is 2.91. The van der Waals surface area contributed by atoms with E-state index in [1.54, 1.807) is 20.8 Å². The molecule has 0 aliphatic carbocycles. The van der Waals surface area contributed by atoms with Crippen LogP contribution in [0.1, 0.15) is 32.8 Å². The van der Waals surface area contributed by atoms with Crippen molar-refractivity contribution in [3.05, 3.63) is 35.4 Å². The number of aliphatic imine (C=N–C) groups is 2. The number of hydrogen-bond donors (Lipinski definition) is 2. The van der Waals surface area contributed by atoms with Gasteiger partial charge in [0.1, 0.15) is 18.2 Å². The van der Waals surface area contributed by atoms with Gasteiger partial charge in [-0.15, -0.1) is 0 Å². The number of carbonyl (C=O) groups excluding carboxylic acids is 1. The van der Waals surface area contributed by atoms with E-state index in [4.69, 9.17) is 10.5 Å². The number of ether oxygens (including phenoxy) is 1. The van der Waals surface area contributed by atoms with Crippen molar-refractivity contribution >= 4 is 17.5 Å². The molecule has 0 aliphatic heterocycles. The molecule has 1 rings (SSSR count). The van der Waals surface area contributed by atoms with Crippen LogP contribution >= 0.6 is 0 Å². The topological polar surface area (TPSA) is 101 Å². The normalized spacial score (nSPS) is 14.1. The van der Waals surface area contributed by atoms with Gasteiger partial charge >= 0.3 is 0 Å². The zero-order valence-corrected chi connectivity index (χ0v) is 17.6. The average Bonchev–Trinajstić information content (AvgIpc) is 2.70. The monoisotopic (exact) mass is 412 g/mol. The first-order valence-corrected chi connectivity index (χ1v) is 9.25. The summed E-state index contributed by atoms with van der Waals surface area (Å²) in [6.07, 6.45) is 0.503. The van der Waals surface area contributed by atoms with Crippen LogP contribution in [0, 0.1) is 11.6 Å². The molecule has 1 aromatic rings. The summed E-state index contributed by atoms with van der Waals surface area (Å²) in [5.41, 5.74) is 4.98. The van der Waals surface area contributed by atoms with E-state index in [0.29, 0.717) is 18.7 Å². The molecule has 1 amide bonds. The largest absolute Gasteiger partial charge is 0.387 e. The minimum absolute atomic E-state index is 0.0216. The van der Waals surface area contributed by atoms with Crippen molar-refractivity contribution in [3.63, 3.8) is 0 Å². The zero-order chi connectivity index (χ0) is 22.2. The number of nitrogens with zero attached hydrogens (tertiary/aromatic N) is 3. The summed E-state index contributed by atoms with van der Waals surface area (Å²) >= 11 is 0. The Hall–Kier alpha value is -2.23. The van der Waals surface area contributed by atoms with E-state index < -0.39 is 35.8 Å². The maximum Gasteiger partial charge on any atom is 0.248 e. The molecule has 1 aromatic carbocycles. The van der Waals surface area contributed by atoms with Crippen molar-refractivity contribution in [2.75, 3.05) is 33.9 Å². The van der Waals surface area contributed by atoms with Gasteiger partial charge in [-0.25, -0.2) is 13.8 Å². The summed E-state index contributed by atoms with van der Waals surface area (Å²) in [6.45, 7) is 5.11. The number of amides is 1. The first-order chi connectivity index (χ1) is 13.6. The summed E-state index contributed by atoms with van der Waals surface area (Å²) in [5.74, 6) is -1.83. The van der Waals surface area contributed by atoms with Crippen molar-refractivity contribution in [1.82, 2.24) is 4.90 Å². The van der Waals surface area contributed by atoms with Gasteiger partial charge in [0.15, 0.2) is 5.84 Å². The lowest BCUT2D eigenvalue weighted by Gasteiger charge is -2.41. The number of nitrogens with two attached hydrogens (primary N) is 1. The van der Waals surface area contributed by atoms with Crippen LogP contribution in [0.5, 0.6) is 0 Å². The minimum atomic E-state index is -0.896. The number of aliphatic hydroxyl groups is 1. The van der Waals surface area contributed by atoms with Crippen molar-refractivity contribution < 1.29 is 23.4 Å². The molecule has 0 aliphatic rings. The maximum absolute atomic E-state index is 14.2.